The van der Waals surface area contributed by atoms with Crippen LogP contribution < -0.4 is 4.72 Å². The minimum Gasteiger partial charge on any atom is -0.302 e. The number of nitrogens with one attached hydrogen (secondary N) is 1. The first-order chi connectivity index (χ1) is 6.83. The van der Waals surface area contributed by atoms with Gasteiger partial charge in [-0.1, -0.05) is 30.3 Å². The van der Waals surface area contributed by atoms with Crippen molar-refractivity contribution in [1.29, 1.82) is 0 Å². The Kier molecular flexibility index (Phi) is 2.86. The summed E-state index contributed by atoms with van der Waals surface area (Å²) in [6, 6.07) is 10.0. The first-order valence-electron chi connectivity index (χ1n) is 4.48. The fourth-order valence-electron chi connectivity index (χ4n) is 1.57. The van der Waals surface area contributed by atoms with Crippen LogP contribution in [0.4, 0.5) is 0 Å². The van der Waals surface area contributed by atoms with Crippen molar-refractivity contribution < 1.29 is 4.79 Å². The van der Waals surface area contributed by atoms with Gasteiger partial charge in [-0.3, -0.25) is 0 Å². The molecule has 1 N–H and O–H groups in total. The first-order valence-corrected chi connectivity index (χ1v) is 5.26. The van der Waals surface area contributed by atoms with E-state index in [0.29, 0.717) is 0 Å². The average Bonchev–Trinajstić information content (AvgIpc) is 2.61. The summed E-state index contributed by atoms with van der Waals surface area (Å²) >= 11 is 1.48. The van der Waals surface area contributed by atoms with Crippen molar-refractivity contribution >= 4 is 18.4 Å². The fourth-order valence-corrected chi connectivity index (χ4v) is 2.42. The summed E-state index contributed by atoms with van der Waals surface area (Å²) in [6.07, 6.45) is 0.991. The third kappa shape index (κ3) is 1.68. The van der Waals surface area contributed by atoms with E-state index in [1.54, 1.807) is 0 Å². The molecule has 2 rings (SSSR count). The molecule has 1 aromatic carbocycles. The van der Waals surface area contributed by atoms with Gasteiger partial charge in [-0.15, -0.1) is 0 Å². The summed E-state index contributed by atoms with van der Waals surface area (Å²) in [5.74, 6) is 0. The zero-order chi connectivity index (χ0) is 9.97. The molecule has 0 saturated carbocycles. The van der Waals surface area contributed by atoms with E-state index >= 15 is 0 Å². The molecule has 74 valence electrons. The van der Waals surface area contributed by atoms with Crippen molar-refractivity contribution in [3.05, 3.63) is 35.9 Å². The molecule has 1 heterocycles. The van der Waals surface area contributed by atoms with E-state index in [1.165, 1.54) is 12.1 Å². The van der Waals surface area contributed by atoms with Crippen LogP contribution in [0.2, 0.25) is 0 Å². The van der Waals surface area contributed by atoms with E-state index in [-0.39, 0.29) is 12.1 Å². The maximum atomic E-state index is 10.9. The average molecular weight is 208 g/mol. The van der Waals surface area contributed by atoms with Crippen molar-refractivity contribution in [2.24, 2.45) is 0 Å². The van der Waals surface area contributed by atoms with E-state index in [2.05, 4.69) is 4.72 Å². The minimum atomic E-state index is -0.0811. The van der Waals surface area contributed by atoms with Crippen molar-refractivity contribution in [3.8, 4) is 0 Å². The summed E-state index contributed by atoms with van der Waals surface area (Å²) in [7, 11) is 1.92. The second-order valence-electron chi connectivity index (χ2n) is 3.27. The molecule has 1 aromatic rings. The highest BCUT2D eigenvalue weighted by atomic mass is 32.2. The zero-order valence-corrected chi connectivity index (χ0v) is 8.70. The lowest BCUT2D eigenvalue weighted by atomic mass is 10.0. The quantitative estimate of drug-likeness (QED) is 0.588. The predicted octanol–water partition coefficient (Wildman–Crippen LogP) is 1.39. The number of hydrogen-bond donors (Lipinski definition) is 1. The van der Waals surface area contributed by atoms with Crippen LogP contribution in [0.5, 0.6) is 0 Å². The molecule has 0 aliphatic carbocycles. The Morgan fingerprint density at radius 1 is 1.43 bits per heavy atom. The summed E-state index contributed by atoms with van der Waals surface area (Å²) in [6.45, 7) is 0. The van der Waals surface area contributed by atoms with Crippen LogP contribution in [0.25, 0.3) is 0 Å². The lowest BCUT2D eigenvalue weighted by Gasteiger charge is -2.16. The molecular formula is C10H12N2OS. The van der Waals surface area contributed by atoms with Gasteiger partial charge >= 0.3 is 0 Å². The second-order valence-corrected chi connectivity index (χ2v) is 4.26. The normalized spacial score (nSPS) is 27.8. The second kappa shape index (κ2) is 4.13. The summed E-state index contributed by atoms with van der Waals surface area (Å²) in [5, 5.41) is 0. The Labute approximate surface area is 87.8 Å². The number of rotatable bonds is 2. The van der Waals surface area contributed by atoms with Gasteiger partial charge in [0.05, 0.1) is 12.1 Å². The summed E-state index contributed by atoms with van der Waals surface area (Å²) in [4.78, 5) is 10.9. The third-order valence-corrected chi connectivity index (χ3v) is 3.27. The topological polar surface area (TPSA) is 32.3 Å². The Morgan fingerprint density at radius 3 is 2.79 bits per heavy atom. The molecule has 1 fully saturated rings. The SMILES string of the molecule is CN1SNC(c2ccccc2)C1C=O. The van der Waals surface area contributed by atoms with Gasteiger partial charge in [0.25, 0.3) is 0 Å². The van der Waals surface area contributed by atoms with Crippen LogP contribution in [0.3, 0.4) is 0 Å². The Hall–Kier alpha value is -0.840. The Bertz CT molecular complexity index is 317. The van der Waals surface area contributed by atoms with Crippen LogP contribution in [-0.4, -0.2) is 23.7 Å². The van der Waals surface area contributed by atoms with Gasteiger partial charge in [0.15, 0.2) is 0 Å². The van der Waals surface area contributed by atoms with Crippen LogP contribution >= 0.6 is 12.1 Å². The minimum absolute atomic E-state index is 0.0811. The van der Waals surface area contributed by atoms with Crippen molar-refractivity contribution in [1.82, 2.24) is 9.03 Å². The lowest BCUT2D eigenvalue weighted by Crippen LogP contribution is -2.28. The van der Waals surface area contributed by atoms with Crippen LogP contribution in [0, 0.1) is 0 Å². The number of benzene rings is 1. The molecule has 0 spiro atoms. The smallest absolute Gasteiger partial charge is 0.140 e. The number of likely N-dealkylation sites (N-methyl/N-ethyl adjacent to an activating group) is 1. The van der Waals surface area contributed by atoms with Gasteiger partial charge in [0.2, 0.25) is 0 Å². The molecule has 3 nitrogen and oxygen atoms in total. The molecule has 0 amide bonds. The third-order valence-electron chi connectivity index (χ3n) is 2.38. The van der Waals surface area contributed by atoms with Crippen molar-refractivity contribution in [3.63, 3.8) is 0 Å². The number of hydrogen-bond acceptors (Lipinski definition) is 4. The van der Waals surface area contributed by atoms with E-state index in [1.807, 2.05) is 41.7 Å². The van der Waals surface area contributed by atoms with Gasteiger partial charge in [-0.25, -0.2) is 9.03 Å². The predicted molar refractivity (Wildman–Crippen MR) is 57.5 cm³/mol. The molecular weight excluding hydrogens is 196 g/mol. The fraction of sp³-hybridized carbons (Fsp3) is 0.300. The maximum Gasteiger partial charge on any atom is 0.140 e. The Morgan fingerprint density at radius 2 is 2.14 bits per heavy atom. The molecule has 1 aliphatic rings. The number of aldehydes is 1. The summed E-state index contributed by atoms with van der Waals surface area (Å²) in [5.41, 5.74) is 1.15. The molecule has 0 bridgehead atoms. The molecule has 1 aliphatic heterocycles. The van der Waals surface area contributed by atoms with E-state index in [9.17, 15) is 4.79 Å². The van der Waals surface area contributed by atoms with Crippen molar-refractivity contribution in [2.75, 3.05) is 7.05 Å². The zero-order valence-electron chi connectivity index (χ0n) is 7.88. The molecule has 1 saturated heterocycles. The highest BCUT2D eigenvalue weighted by Gasteiger charge is 2.33. The van der Waals surface area contributed by atoms with Crippen LogP contribution in [0.1, 0.15) is 11.6 Å². The standard InChI is InChI=1S/C10H12N2OS/c1-12-9(7-13)10(11-14-12)8-5-3-2-4-6-8/h2-7,9-11H,1H3. The molecule has 0 aromatic heterocycles. The largest absolute Gasteiger partial charge is 0.302 e. The van der Waals surface area contributed by atoms with Gasteiger partial charge in [0, 0.05) is 12.1 Å². The van der Waals surface area contributed by atoms with Gasteiger partial charge < -0.3 is 4.79 Å². The molecule has 0 radical (unpaired) electrons. The summed E-state index contributed by atoms with van der Waals surface area (Å²) < 4.78 is 5.17. The highest BCUT2D eigenvalue weighted by Crippen LogP contribution is 2.30. The van der Waals surface area contributed by atoms with Gasteiger partial charge in [-0.05, 0) is 12.6 Å². The number of nitrogens with zero attached hydrogens (tertiary/aromatic N) is 1. The van der Waals surface area contributed by atoms with Gasteiger partial charge in [0.1, 0.15) is 6.29 Å². The number of carbonyl (C=O) groups excluding carboxylic acids is 1. The molecule has 14 heavy (non-hydrogen) atoms. The van der Waals surface area contributed by atoms with E-state index in [0.717, 1.165) is 11.8 Å². The Balaban J connectivity index is 2.23. The molecule has 2 unspecified atom stereocenters. The van der Waals surface area contributed by atoms with Crippen molar-refractivity contribution in [2.45, 2.75) is 12.1 Å². The highest BCUT2D eigenvalue weighted by molar-refractivity contribution is 7.95. The van der Waals surface area contributed by atoms with Crippen LogP contribution in [-0.2, 0) is 4.79 Å². The lowest BCUT2D eigenvalue weighted by molar-refractivity contribution is -0.110. The van der Waals surface area contributed by atoms with E-state index in [4.69, 9.17) is 0 Å². The maximum absolute atomic E-state index is 10.9. The molecule has 2 atom stereocenters. The number of carbonyl (C=O) groups is 1. The van der Waals surface area contributed by atoms with Crippen LogP contribution in [0.15, 0.2) is 30.3 Å². The van der Waals surface area contributed by atoms with Gasteiger partial charge in [-0.2, -0.15) is 0 Å². The monoisotopic (exact) mass is 208 g/mol. The first kappa shape index (κ1) is 9.71. The molecule has 4 heteroatoms. The van der Waals surface area contributed by atoms with E-state index < -0.39 is 0 Å².